The molecule has 4 aromatic rings. The fourth-order valence-corrected chi connectivity index (χ4v) is 4.94. The molecule has 0 spiro atoms. The van der Waals surface area contributed by atoms with E-state index in [2.05, 4.69) is 44.3 Å². The molecule has 1 amide bonds. The van der Waals surface area contributed by atoms with Gasteiger partial charge in [0.1, 0.15) is 11.1 Å². The Morgan fingerprint density at radius 1 is 1.00 bits per heavy atom. The van der Waals surface area contributed by atoms with Crippen molar-refractivity contribution in [3.05, 3.63) is 106 Å². The van der Waals surface area contributed by atoms with Gasteiger partial charge in [-0.1, -0.05) is 93.2 Å². The average Bonchev–Trinajstić information content (AvgIpc) is 2.92. The van der Waals surface area contributed by atoms with Crippen LogP contribution < -0.4 is 5.32 Å². The normalized spacial score (nSPS) is 11.9. The van der Waals surface area contributed by atoms with Gasteiger partial charge in [-0.15, -0.1) is 0 Å². The molecule has 39 heavy (non-hydrogen) atoms. The van der Waals surface area contributed by atoms with E-state index in [-0.39, 0.29) is 17.0 Å². The van der Waals surface area contributed by atoms with E-state index in [1.807, 2.05) is 48.5 Å². The summed E-state index contributed by atoms with van der Waals surface area (Å²) in [5.74, 6) is -0.354. The number of benzene rings is 3. The van der Waals surface area contributed by atoms with Gasteiger partial charge >= 0.3 is 0 Å². The number of carbonyl (C=O) groups excluding carboxylic acids is 1. The van der Waals surface area contributed by atoms with Crippen LogP contribution in [0.4, 0.5) is 11.4 Å². The highest BCUT2D eigenvalue weighted by Crippen LogP contribution is 2.36. The second-order valence-electron chi connectivity index (χ2n) is 10.1. The van der Waals surface area contributed by atoms with Crippen molar-refractivity contribution in [2.75, 3.05) is 5.32 Å². The number of hydrogen-bond donors (Lipinski definition) is 1. The van der Waals surface area contributed by atoms with Crippen LogP contribution in [0.25, 0.3) is 22.4 Å². The zero-order valence-corrected chi connectivity index (χ0v) is 23.0. The van der Waals surface area contributed by atoms with Crippen LogP contribution >= 0.6 is 11.8 Å². The Kier molecular flexibility index (Phi) is 8.12. The molecule has 1 atom stereocenters. The van der Waals surface area contributed by atoms with Crippen LogP contribution in [-0.4, -0.2) is 21.1 Å². The number of nitro groups is 1. The number of anilines is 1. The number of nitrogens with one attached hydrogen (secondary N) is 1. The van der Waals surface area contributed by atoms with Gasteiger partial charge in [0.2, 0.25) is 5.91 Å². The van der Waals surface area contributed by atoms with E-state index >= 15 is 0 Å². The first-order valence-electron chi connectivity index (χ1n) is 12.4. The van der Waals surface area contributed by atoms with Crippen molar-refractivity contribution >= 4 is 29.0 Å². The van der Waals surface area contributed by atoms with E-state index < -0.39 is 10.2 Å². The quantitative estimate of drug-likeness (QED) is 0.148. The number of nitriles is 1. The predicted molar refractivity (Wildman–Crippen MR) is 156 cm³/mol. The van der Waals surface area contributed by atoms with Crippen molar-refractivity contribution in [3.8, 4) is 28.5 Å². The molecule has 0 unspecified atom stereocenters. The van der Waals surface area contributed by atoms with Gasteiger partial charge in [-0.05, 0) is 35.6 Å². The minimum absolute atomic E-state index is 0.00693. The molecule has 0 saturated carbocycles. The Balaban J connectivity index is 1.72. The zero-order valence-electron chi connectivity index (χ0n) is 22.1. The summed E-state index contributed by atoms with van der Waals surface area (Å²) in [6.45, 7) is 8.17. The lowest BCUT2D eigenvalue weighted by Crippen LogP contribution is -2.22. The Labute approximate surface area is 232 Å². The van der Waals surface area contributed by atoms with Gasteiger partial charge in [0, 0.05) is 28.9 Å². The van der Waals surface area contributed by atoms with E-state index in [1.165, 1.54) is 35.5 Å². The summed E-state index contributed by atoms with van der Waals surface area (Å²) in [7, 11) is 0. The second kappa shape index (κ2) is 11.5. The molecule has 0 aliphatic carbocycles. The van der Waals surface area contributed by atoms with E-state index in [9.17, 15) is 20.2 Å². The number of amides is 1. The molecule has 4 rings (SSSR count). The maximum absolute atomic E-state index is 13.0. The fourth-order valence-electron chi connectivity index (χ4n) is 4.01. The van der Waals surface area contributed by atoms with Crippen LogP contribution in [-0.2, 0) is 10.2 Å². The van der Waals surface area contributed by atoms with Gasteiger partial charge in [0.15, 0.2) is 0 Å². The fraction of sp³-hybridized carbons (Fsp3) is 0.194. The number of carbonyl (C=O) groups is 1. The molecular formula is C31H28N4O3S. The minimum atomic E-state index is -0.633. The summed E-state index contributed by atoms with van der Waals surface area (Å²) in [5, 5.41) is 23.8. The van der Waals surface area contributed by atoms with Crippen LogP contribution in [0.2, 0.25) is 0 Å². The minimum Gasteiger partial charge on any atom is -0.325 e. The lowest BCUT2D eigenvalue weighted by Gasteiger charge is -2.20. The highest BCUT2D eigenvalue weighted by atomic mass is 32.2. The summed E-state index contributed by atoms with van der Waals surface area (Å²) in [4.78, 5) is 28.4. The first-order valence-corrected chi connectivity index (χ1v) is 13.3. The van der Waals surface area contributed by atoms with E-state index in [1.54, 1.807) is 13.0 Å². The van der Waals surface area contributed by atoms with Crippen LogP contribution in [0.3, 0.4) is 0 Å². The molecule has 8 heteroatoms. The van der Waals surface area contributed by atoms with Crippen LogP contribution in [0.15, 0.2) is 90.0 Å². The third-order valence-corrected chi connectivity index (χ3v) is 7.30. The Bertz CT molecular complexity index is 1560. The zero-order chi connectivity index (χ0) is 28.2. The molecule has 1 aromatic heterocycles. The monoisotopic (exact) mass is 536 g/mol. The molecule has 196 valence electrons. The molecule has 1 heterocycles. The standard InChI is InChI=1S/C31H28N4O3S/c1-20(29(36)33-24-11-8-12-25(17-24)35(37)38)39-30-27(19-32)26(18-28(34-30)22-9-6-5-7-10-22)21-13-15-23(16-14-21)31(2,3)4/h5-18,20H,1-4H3,(H,33,36)/t20-/m0/s1. The smallest absolute Gasteiger partial charge is 0.271 e. The SMILES string of the molecule is C[C@H](Sc1nc(-c2ccccc2)cc(-c2ccc(C(C)(C)C)cc2)c1C#N)C(=O)Nc1cccc([N+](=O)[O-])c1. The van der Waals surface area contributed by atoms with Gasteiger partial charge in [0.05, 0.1) is 21.4 Å². The third-order valence-electron chi connectivity index (χ3n) is 6.21. The Hall–Kier alpha value is -4.48. The van der Waals surface area contributed by atoms with E-state index in [0.29, 0.717) is 22.0 Å². The highest BCUT2D eigenvalue weighted by Gasteiger charge is 2.22. The summed E-state index contributed by atoms with van der Waals surface area (Å²) in [6, 6.07) is 27.9. The summed E-state index contributed by atoms with van der Waals surface area (Å²) in [5.41, 5.74) is 4.99. The largest absolute Gasteiger partial charge is 0.325 e. The van der Waals surface area contributed by atoms with Gasteiger partial charge in [-0.25, -0.2) is 4.98 Å². The van der Waals surface area contributed by atoms with Crippen LogP contribution in [0.5, 0.6) is 0 Å². The first kappa shape index (κ1) is 27.6. The Morgan fingerprint density at radius 2 is 1.69 bits per heavy atom. The summed E-state index contributed by atoms with van der Waals surface area (Å²) in [6.07, 6.45) is 0. The van der Waals surface area contributed by atoms with Crippen molar-refractivity contribution in [2.45, 2.75) is 43.4 Å². The summed E-state index contributed by atoms with van der Waals surface area (Å²) < 4.78 is 0. The number of nitrogens with zero attached hydrogens (tertiary/aromatic N) is 3. The van der Waals surface area contributed by atoms with Crippen LogP contribution in [0.1, 0.15) is 38.8 Å². The number of hydrogen-bond acceptors (Lipinski definition) is 6. The average molecular weight is 537 g/mol. The molecular weight excluding hydrogens is 508 g/mol. The van der Waals surface area contributed by atoms with Crippen molar-refractivity contribution in [2.24, 2.45) is 0 Å². The molecule has 0 aliphatic rings. The number of non-ortho nitro benzene ring substituents is 1. The van der Waals surface area contributed by atoms with E-state index in [4.69, 9.17) is 4.98 Å². The maximum Gasteiger partial charge on any atom is 0.271 e. The molecule has 7 nitrogen and oxygen atoms in total. The molecule has 0 radical (unpaired) electrons. The lowest BCUT2D eigenvalue weighted by molar-refractivity contribution is -0.384. The molecule has 0 saturated heterocycles. The topological polar surface area (TPSA) is 109 Å². The highest BCUT2D eigenvalue weighted by molar-refractivity contribution is 8.00. The number of nitro benzene ring substituents is 1. The van der Waals surface area contributed by atoms with E-state index in [0.717, 1.165) is 16.7 Å². The van der Waals surface area contributed by atoms with Crippen LogP contribution in [0, 0.1) is 21.4 Å². The van der Waals surface area contributed by atoms with Gasteiger partial charge in [-0.2, -0.15) is 5.26 Å². The molecule has 1 N–H and O–H groups in total. The lowest BCUT2D eigenvalue weighted by atomic mass is 9.86. The Morgan fingerprint density at radius 3 is 2.31 bits per heavy atom. The van der Waals surface area contributed by atoms with Gasteiger partial charge in [-0.3, -0.25) is 14.9 Å². The second-order valence-corrected chi connectivity index (χ2v) is 11.4. The number of pyridine rings is 1. The first-order chi connectivity index (χ1) is 18.6. The predicted octanol–water partition coefficient (Wildman–Crippen LogP) is 7.61. The summed E-state index contributed by atoms with van der Waals surface area (Å²) >= 11 is 1.18. The number of rotatable bonds is 7. The number of thioether (sulfide) groups is 1. The van der Waals surface area contributed by atoms with Gasteiger partial charge < -0.3 is 5.32 Å². The third kappa shape index (κ3) is 6.51. The van der Waals surface area contributed by atoms with Crippen molar-refractivity contribution in [1.29, 1.82) is 5.26 Å². The molecule has 3 aromatic carbocycles. The van der Waals surface area contributed by atoms with Gasteiger partial charge in [0.25, 0.3) is 5.69 Å². The molecule has 0 fully saturated rings. The van der Waals surface area contributed by atoms with Crippen molar-refractivity contribution < 1.29 is 9.72 Å². The number of aromatic nitrogens is 1. The molecule has 0 aliphatic heterocycles. The maximum atomic E-state index is 13.0. The van der Waals surface area contributed by atoms with Crippen molar-refractivity contribution in [3.63, 3.8) is 0 Å². The molecule has 0 bridgehead atoms. The van der Waals surface area contributed by atoms with Crippen molar-refractivity contribution in [1.82, 2.24) is 4.98 Å².